The average Bonchev–Trinajstić information content (AvgIpc) is 2.05. The van der Waals surface area contributed by atoms with Crippen LogP contribution in [0.25, 0.3) is 0 Å². The van der Waals surface area contributed by atoms with Gasteiger partial charge in [-0.1, -0.05) is 0 Å². The van der Waals surface area contributed by atoms with Crippen LogP contribution in [0.4, 0.5) is 5.82 Å². The predicted octanol–water partition coefficient (Wildman–Crippen LogP) is 1.44. The SMILES string of the molecule is CNc1nccc(OC)c1C. The lowest BCUT2D eigenvalue weighted by Crippen LogP contribution is -1.97. The molecule has 0 amide bonds. The van der Waals surface area contributed by atoms with Gasteiger partial charge in [0.05, 0.1) is 7.11 Å². The van der Waals surface area contributed by atoms with Gasteiger partial charge in [-0.2, -0.15) is 0 Å². The van der Waals surface area contributed by atoms with Gasteiger partial charge in [0.2, 0.25) is 0 Å². The Morgan fingerprint density at radius 3 is 2.82 bits per heavy atom. The Hall–Kier alpha value is -1.25. The molecule has 0 atom stereocenters. The van der Waals surface area contributed by atoms with Crippen LogP contribution in [-0.4, -0.2) is 19.1 Å². The van der Waals surface area contributed by atoms with Gasteiger partial charge in [-0.3, -0.25) is 0 Å². The van der Waals surface area contributed by atoms with Crippen LogP contribution in [0.2, 0.25) is 0 Å². The number of nitrogens with zero attached hydrogens (tertiary/aromatic N) is 1. The summed E-state index contributed by atoms with van der Waals surface area (Å²) >= 11 is 0. The molecule has 1 aromatic heterocycles. The fourth-order valence-electron chi connectivity index (χ4n) is 0.991. The van der Waals surface area contributed by atoms with E-state index in [0.29, 0.717) is 0 Å². The molecular weight excluding hydrogens is 140 g/mol. The molecule has 1 N–H and O–H groups in total. The van der Waals surface area contributed by atoms with Gasteiger partial charge in [-0.25, -0.2) is 4.98 Å². The third-order valence-electron chi connectivity index (χ3n) is 1.61. The molecule has 1 heterocycles. The second-order valence-electron chi connectivity index (χ2n) is 2.24. The summed E-state index contributed by atoms with van der Waals surface area (Å²) in [5, 5.41) is 2.98. The Balaban J connectivity index is 3.10. The number of anilines is 1. The van der Waals surface area contributed by atoms with Crippen LogP contribution < -0.4 is 10.1 Å². The van der Waals surface area contributed by atoms with Gasteiger partial charge in [0, 0.05) is 18.8 Å². The van der Waals surface area contributed by atoms with Crippen molar-refractivity contribution in [3.8, 4) is 5.75 Å². The van der Waals surface area contributed by atoms with Gasteiger partial charge in [0.1, 0.15) is 11.6 Å². The fraction of sp³-hybridized carbons (Fsp3) is 0.375. The van der Waals surface area contributed by atoms with E-state index in [1.54, 1.807) is 13.3 Å². The lowest BCUT2D eigenvalue weighted by Gasteiger charge is -2.07. The first-order valence-corrected chi connectivity index (χ1v) is 3.47. The second kappa shape index (κ2) is 3.23. The van der Waals surface area contributed by atoms with E-state index in [9.17, 15) is 0 Å². The zero-order valence-electron chi connectivity index (χ0n) is 7.01. The molecule has 11 heavy (non-hydrogen) atoms. The molecule has 0 aliphatic heterocycles. The first-order chi connectivity index (χ1) is 5.29. The molecule has 1 rings (SSSR count). The number of nitrogens with one attached hydrogen (secondary N) is 1. The first kappa shape index (κ1) is 7.85. The minimum absolute atomic E-state index is 0.865. The molecule has 0 aromatic carbocycles. The van der Waals surface area contributed by atoms with Gasteiger partial charge in [0.25, 0.3) is 0 Å². The Bertz CT molecular complexity index is 226. The van der Waals surface area contributed by atoms with Crippen molar-refractivity contribution in [1.29, 1.82) is 0 Å². The maximum absolute atomic E-state index is 5.11. The molecule has 60 valence electrons. The number of methoxy groups -OCH3 is 1. The van der Waals surface area contributed by atoms with Crippen LogP contribution in [0.1, 0.15) is 5.56 Å². The van der Waals surface area contributed by atoms with E-state index in [0.717, 1.165) is 17.1 Å². The van der Waals surface area contributed by atoms with Gasteiger partial charge < -0.3 is 10.1 Å². The largest absolute Gasteiger partial charge is 0.496 e. The molecule has 0 aliphatic rings. The predicted molar refractivity (Wildman–Crippen MR) is 45.1 cm³/mol. The quantitative estimate of drug-likeness (QED) is 0.696. The van der Waals surface area contributed by atoms with Crippen LogP contribution in [0.5, 0.6) is 5.75 Å². The summed E-state index contributed by atoms with van der Waals surface area (Å²) in [5.41, 5.74) is 1.04. The van der Waals surface area contributed by atoms with Crippen molar-refractivity contribution in [3.05, 3.63) is 17.8 Å². The number of pyridine rings is 1. The molecular formula is C8H12N2O. The van der Waals surface area contributed by atoms with E-state index >= 15 is 0 Å². The Kier molecular flexibility index (Phi) is 2.31. The van der Waals surface area contributed by atoms with Crippen molar-refractivity contribution < 1.29 is 4.74 Å². The summed E-state index contributed by atoms with van der Waals surface area (Å²) in [6.07, 6.45) is 1.72. The normalized spacial score (nSPS) is 9.36. The van der Waals surface area contributed by atoms with Crippen LogP contribution in [-0.2, 0) is 0 Å². The van der Waals surface area contributed by atoms with Crippen molar-refractivity contribution in [2.24, 2.45) is 0 Å². The Morgan fingerprint density at radius 2 is 2.27 bits per heavy atom. The maximum Gasteiger partial charge on any atom is 0.132 e. The van der Waals surface area contributed by atoms with Crippen LogP contribution in [0.3, 0.4) is 0 Å². The summed E-state index contributed by atoms with van der Waals surface area (Å²) in [7, 11) is 3.50. The topological polar surface area (TPSA) is 34.2 Å². The van der Waals surface area contributed by atoms with E-state index in [2.05, 4.69) is 10.3 Å². The first-order valence-electron chi connectivity index (χ1n) is 3.47. The zero-order valence-corrected chi connectivity index (χ0v) is 7.01. The molecule has 1 aromatic rings. The minimum Gasteiger partial charge on any atom is -0.496 e. The number of hydrogen-bond acceptors (Lipinski definition) is 3. The number of ether oxygens (including phenoxy) is 1. The highest BCUT2D eigenvalue weighted by molar-refractivity contribution is 5.50. The summed E-state index contributed by atoms with van der Waals surface area (Å²) in [5.74, 6) is 1.73. The lowest BCUT2D eigenvalue weighted by atomic mass is 10.2. The number of aromatic nitrogens is 1. The van der Waals surface area contributed by atoms with Gasteiger partial charge in [-0.15, -0.1) is 0 Å². The smallest absolute Gasteiger partial charge is 0.132 e. The number of hydrogen-bond donors (Lipinski definition) is 1. The molecule has 0 unspecified atom stereocenters. The number of rotatable bonds is 2. The molecule has 0 spiro atoms. The average molecular weight is 152 g/mol. The van der Waals surface area contributed by atoms with Gasteiger partial charge >= 0.3 is 0 Å². The third-order valence-corrected chi connectivity index (χ3v) is 1.61. The summed E-state index contributed by atoms with van der Waals surface area (Å²) in [6.45, 7) is 1.97. The van der Waals surface area contributed by atoms with Crippen LogP contribution in [0.15, 0.2) is 12.3 Å². The van der Waals surface area contributed by atoms with Crippen molar-refractivity contribution in [3.63, 3.8) is 0 Å². The van der Waals surface area contributed by atoms with Crippen LogP contribution in [0, 0.1) is 6.92 Å². The van der Waals surface area contributed by atoms with E-state index in [-0.39, 0.29) is 0 Å². The zero-order chi connectivity index (χ0) is 8.27. The molecule has 0 radical (unpaired) electrons. The molecule has 0 fully saturated rings. The fourth-order valence-corrected chi connectivity index (χ4v) is 0.991. The minimum atomic E-state index is 0.865. The van der Waals surface area contributed by atoms with Crippen LogP contribution >= 0.6 is 0 Å². The Morgan fingerprint density at radius 1 is 1.55 bits per heavy atom. The molecule has 3 nitrogen and oxygen atoms in total. The monoisotopic (exact) mass is 152 g/mol. The van der Waals surface area contributed by atoms with E-state index in [1.165, 1.54) is 0 Å². The molecule has 0 bridgehead atoms. The van der Waals surface area contributed by atoms with E-state index < -0.39 is 0 Å². The van der Waals surface area contributed by atoms with E-state index in [4.69, 9.17) is 4.74 Å². The maximum atomic E-state index is 5.11. The van der Waals surface area contributed by atoms with Crippen molar-refractivity contribution in [1.82, 2.24) is 4.98 Å². The van der Waals surface area contributed by atoms with Crippen molar-refractivity contribution >= 4 is 5.82 Å². The molecule has 0 saturated carbocycles. The Labute approximate surface area is 66.4 Å². The highest BCUT2D eigenvalue weighted by Gasteiger charge is 2.01. The summed E-state index contributed by atoms with van der Waals surface area (Å²) in [6, 6.07) is 1.84. The highest BCUT2D eigenvalue weighted by atomic mass is 16.5. The van der Waals surface area contributed by atoms with Crippen molar-refractivity contribution in [2.45, 2.75) is 6.92 Å². The third kappa shape index (κ3) is 1.42. The van der Waals surface area contributed by atoms with Crippen molar-refractivity contribution in [2.75, 3.05) is 19.5 Å². The molecule has 0 saturated heterocycles. The standard InChI is InChI=1S/C8H12N2O/c1-6-7(11-3)4-5-10-8(6)9-2/h4-5H,1-3H3,(H,9,10). The van der Waals surface area contributed by atoms with Gasteiger partial charge in [-0.05, 0) is 13.0 Å². The second-order valence-corrected chi connectivity index (χ2v) is 2.24. The summed E-state index contributed by atoms with van der Waals surface area (Å²) < 4.78 is 5.11. The molecule has 0 aliphatic carbocycles. The van der Waals surface area contributed by atoms with Gasteiger partial charge in [0.15, 0.2) is 0 Å². The van der Waals surface area contributed by atoms with E-state index in [1.807, 2.05) is 20.0 Å². The molecule has 3 heteroatoms. The summed E-state index contributed by atoms with van der Waals surface area (Å²) in [4.78, 5) is 4.11. The lowest BCUT2D eigenvalue weighted by molar-refractivity contribution is 0.411. The highest BCUT2D eigenvalue weighted by Crippen LogP contribution is 2.21.